The molecule has 0 saturated heterocycles. The average molecular weight is 448 g/mol. The second kappa shape index (κ2) is 11.6. The molecule has 1 N–H and O–H groups in total. The van der Waals surface area contributed by atoms with Crippen LogP contribution in [0.25, 0.3) is 11.4 Å². The fourth-order valence-electron chi connectivity index (χ4n) is 3.53. The van der Waals surface area contributed by atoms with E-state index in [1.165, 1.54) is 5.56 Å². The Morgan fingerprint density at radius 1 is 1.03 bits per heavy atom. The molecular weight excluding hydrogens is 418 g/mol. The second-order valence-electron chi connectivity index (χ2n) is 8.10. The summed E-state index contributed by atoms with van der Waals surface area (Å²) in [5.74, 6) is 1.97. The van der Waals surface area contributed by atoms with Crippen LogP contribution in [0.4, 0.5) is 0 Å². The monoisotopic (exact) mass is 447 g/mol. The second-order valence-corrected chi connectivity index (χ2v) is 8.10. The molecule has 2 aromatic heterocycles. The molecule has 4 rings (SSSR count). The van der Waals surface area contributed by atoms with Crippen molar-refractivity contribution < 1.29 is 18.8 Å². The predicted octanol–water partition coefficient (Wildman–Crippen LogP) is 4.26. The van der Waals surface area contributed by atoms with E-state index in [1.54, 1.807) is 6.26 Å². The van der Waals surface area contributed by atoms with Crippen molar-refractivity contribution in [1.82, 2.24) is 15.0 Å². The minimum absolute atomic E-state index is 0.252. The largest absolute Gasteiger partial charge is 0.468 e. The van der Waals surface area contributed by atoms with Crippen LogP contribution < -0.4 is 0 Å². The van der Waals surface area contributed by atoms with Crippen molar-refractivity contribution in [3.63, 3.8) is 0 Å². The lowest BCUT2D eigenvalue weighted by Gasteiger charge is -2.23. The number of rotatable bonds is 12. The molecule has 0 amide bonds. The van der Waals surface area contributed by atoms with E-state index < -0.39 is 6.10 Å². The highest BCUT2D eigenvalue weighted by atomic mass is 16.5. The van der Waals surface area contributed by atoms with Gasteiger partial charge in [0.05, 0.1) is 32.1 Å². The molecule has 0 aliphatic heterocycles. The molecule has 2 heterocycles. The van der Waals surface area contributed by atoms with Gasteiger partial charge in [0.1, 0.15) is 5.76 Å². The molecule has 1 atom stereocenters. The Labute approximate surface area is 193 Å². The summed E-state index contributed by atoms with van der Waals surface area (Å²) in [6.45, 7) is 4.41. The molecule has 0 bridgehead atoms. The van der Waals surface area contributed by atoms with Crippen molar-refractivity contribution in [3.8, 4) is 11.4 Å². The van der Waals surface area contributed by atoms with Crippen molar-refractivity contribution in [1.29, 1.82) is 0 Å². The molecule has 0 aliphatic carbocycles. The number of ether oxygens (including phenoxy) is 1. The van der Waals surface area contributed by atoms with E-state index in [1.807, 2.05) is 73.7 Å². The van der Waals surface area contributed by atoms with Crippen LogP contribution in [0.1, 0.15) is 22.8 Å². The van der Waals surface area contributed by atoms with Crippen LogP contribution in [0.3, 0.4) is 0 Å². The lowest BCUT2D eigenvalue weighted by Crippen LogP contribution is -2.35. The highest BCUT2D eigenvalue weighted by molar-refractivity contribution is 5.54. The van der Waals surface area contributed by atoms with E-state index >= 15 is 0 Å². The highest BCUT2D eigenvalue weighted by Crippen LogP contribution is 2.17. The minimum atomic E-state index is -0.630. The molecule has 2 aromatic carbocycles. The maximum Gasteiger partial charge on any atom is 0.228 e. The fraction of sp³-hybridized carbons (Fsp3) is 0.308. The number of aromatic nitrogens is 2. The number of hydrogen-bond acceptors (Lipinski definition) is 7. The number of hydrogen-bond donors (Lipinski definition) is 1. The fourth-order valence-corrected chi connectivity index (χ4v) is 3.53. The van der Waals surface area contributed by atoms with Crippen LogP contribution in [0, 0.1) is 6.92 Å². The molecule has 0 fully saturated rings. The van der Waals surface area contributed by atoms with Gasteiger partial charge in [-0.15, -0.1) is 0 Å². The topological polar surface area (TPSA) is 84.8 Å². The Hall–Kier alpha value is -3.26. The zero-order valence-electron chi connectivity index (χ0n) is 18.8. The summed E-state index contributed by atoms with van der Waals surface area (Å²) in [4.78, 5) is 6.63. The average Bonchev–Trinajstić information content (AvgIpc) is 3.51. The first-order chi connectivity index (χ1) is 16.2. The number of aryl methyl sites for hydroxylation is 1. The van der Waals surface area contributed by atoms with Gasteiger partial charge in [-0.1, -0.05) is 65.3 Å². The SMILES string of the molecule is Cc1ccc(-c2noc(CCN(Cc3ccco3)C[C@H](O)COCc3ccccc3)n2)cc1. The van der Waals surface area contributed by atoms with Gasteiger partial charge in [-0.25, -0.2) is 0 Å². The molecule has 0 saturated carbocycles. The van der Waals surface area contributed by atoms with Gasteiger partial charge in [0.25, 0.3) is 0 Å². The lowest BCUT2D eigenvalue weighted by molar-refractivity contribution is 0.00750. The molecule has 0 aliphatic rings. The van der Waals surface area contributed by atoms with E-state index in [0.29, 0.717) is 44.4 Å². The first-order valence-corrected chi connectivity index (χ1v) is 11.1. The number of nitrogens with zero attached hydrogens (tertiary/aromatic N) is 3. The minimum Gasteiger partial charge on any atom is -0.468 e. The van der Waals surface area contributed by atoms with Gasteiger partial charge in [0.2, 0.25) is 11.7 Å². The maximum atomic E-state index is 10.5. The molecule has 33 heavy (non-hydrogen) atoms. The van der Waals surface area contributed by atoms with Gasteiger partial charge in [0.15, 0.2) is 0 Å². The Morgan fingerprint density at radius 3 is 2.61 bits per heavy atom. The first-order valence-electron chi connectivity index (χ1n) is 11.1. The highest BCUT2D eigenvalue weighted by Gasteiger charge is 2.16. The predicted molar refractivity (Wildman–Crippen MR) is 124 cm³/mol. The Morgan fingerprint density at radius 2 is 1.85 bits per heavy atom. The summed E-state index contributed by atoms with van der Waals surface area (Å²) < 4.78 is 16.7. The molecule has 172 valence electrons. The quantitative estimate of drug-likeness (QED) is 0.347. The van der Waals surface area contributed by atoms with Crippen molar-refractivity contribution in [2.24, 2.45) is 0 Å². The molecule has 0 spiro atoms. The zero-order valence-corrected chi connectivity index (χ0v) is 18.8. The molecular formula is C26H29N3O4. The van der Waals surface area contributed by atoms with Gasteiger partial charge in [-0.2, -0.15) is 4.98 Å². The van der Waals surface area contributed by atoms with Crippen LogP contribution in [0.5, 0.6) is 0 Å². The number of aliphatic hydroxyl groups is 1. The number of aliphatic hydroxyl groups excluding tert-OH is 1. The summed E-state index contributed by atoms with van der Waals surface area (Å²) in [5.41, 5.74) is 3.19. The maximum absolute atomic E-state index is 10.5. The number of furan rings is 1. The third-order valence-corrected chi connectivity index (χ3v) is 5.27. The van der Waals surface area contributed by atoms with Crippen molar-refractivity contribution in [2.75, 3.05) is 19.7 Å². The van der Waals surface area contributed by atoms with Crippen molar-refractivity contribution in [2.45, 2.75) is 32.6 Å². The van der Waals surface area contributed by atoms with E-state index in [2.05, 4.69) is 15.0 Å². The van der Waals surface area contributed by atoms with E-state index in [0.717, 1.165) is 16.9 Å². The summed E-state index contributed by atoms with van der Waals surface area (Å²) in [5, 5.41) is 14.7. The Bertz CT molecular complexity index is 1080. The number of benzene rings is 2. The third kappa shape index (κ3) is 7.12. The van der Waals surface area contributed by atoms with Crippen LogP contribution in [-0.2, 0) is 24.3 Å². The van der Waals surface area contributed by atoms with Crippen molar-refractivity contribution >= 4 is 0 Å². The lowest BCUT2D eigenvalue weighted by atomic mass is 10.1. The summed E-state index contributed by atoms with van der Waals surface area (Å²) >= 11 is 0. The van der Waals surface area contributed by atoms with Crippen LogP contribution in [0.15, 0.2) is 81.9 Å². The Balaban J connectivity index is 1.31. The van der Waals surface area contributed by atoms with E-state index in [-0.39, 0.29) is 6.61 Å². The van der Waals surface area contributed by atoms with Gasteiger partial charge in [-0.3, -0.25) is 4.90 Å². The van der Waals surface area contributed by atoms with Gasteiger partial charge in [0, 0.05) is 25.1 Å². The normalized spacial score (nSPS) is 12.3. The summed E-state index contributed by atoms with van der Waals surface area (Å²) in [6.07, 6.45) is 1.59. The van der Waals surface area contributed by atoms with E-state index in [4.69, 9.17) is 13.7 Å². The van der Waals surface area contributed by atoms with Crippen LogP contribution >= 0.6 is 0 Å². The smallest absolute Gasteiger partial charge is 0.228 e. The standard InChI is InChI=1S/C26H29N3O4/c1-20-9-11-22(12-10-20)26-27-25(33-28-26)13-14-29(17-24-8-5-15-32-24)16-23(30)19-31-18-21-6-3-2-4-7-21/h2-12,15,23,30H,13-14,16-19H2,1H3/t23-/m0/s1. The first kappa shape index (κ1) is 22.9. The molecule has 0 radical (unpaired) electrons. The van der Waals surface area contributed by atoms with Crippen molar-refractivity contribution in [3.05, 3.63) is 95.8 Å². The van der Waals surface area contributed by atoms with Gasteiger partial charge >= 0.3 is 0 Å². The molecule has 7 heteroatoms. The molecule has 0 unspecified atom stereocenters. The Kier molecular flexibility index (Phi) is 8.03. The summed E-state index contributed by atoms with van der Waals surface area (Å²) in [7, 11) is 0. The van der Waals surface area contributed by atoms with Gasteiger partial charge in [-0.05, 0) is 24.6 Å². The zero-order chi connectivity index (χ0) is 22.9. The van der Waals surface area contributed by atoms with E-state index in [9.17, 15) is 5.11 Å². The molecule has 7 nitrogen and oxygen atoms in total. The van der Waals surface area contributed by atoms with Crippen LogP contribution in [0.2, 0.25) is 0 Å². The molecule has 4 aromatic rings. The van der Waals surface area contributed by atoms with Gasteiger partial charge < -0.3 is 18.8 Å². The van der Waals surface area contributed by atoms with Crippen LogP contribution in [-0.4, -0.2) is 45.9 Å². The third-order valence-electron chi connectivity index (χ3n) is 5.27. The summed E-state index contributed by atoms with van der Waals surface area (Å²) in [6, 6.07) is 21.7.